The number of ether oxygens (including phenoxy) is 1. The summed E-state index contributed by atoms with van der Waals surface area (Å²) in [5.41, 5.74) is 1.61. The summed E-state index contributed by atoms with van der Waals surface area (Å²) in [5, 5.41) is 9.44. The molecular formula is C19H20N6O2S2. The number of nitrogens with zero attached hydrogens (tertiary/aromatic N) is 4. The summed E-state index contributed by atoms with van der Waals surface area (Å²) in [6.45, 7) is 5.88. The third-order valence-electron chi connectivity index (χ3n) is 4.74. The van der Waals surface area contributed by atoms with Crippen LogP contribution in [0.2, 0.25) is 0 Å². The molecule has 3 heterocycles. The number of fused-ring (bicyclic) bond motifs is 1. The van der Waals surface area contributed by atoms with E-state index in [4.69, 9.17) is 10.6 Å². The van der Waals surface area contributed by atoms with Gasteiger partial charge in [-0.1, -0.05) is 23.9 Å². The van der Waals surface area contributed by atoms with Crippen LogP contribution >= 0.6 is 23.1 Å². The molecule has 0 radical (unpaired) electrons. The first-order chi connectivity index (χ1) is 13.9. The van der Waals surface area contributed by atoms with Crippen LogP contribution in [0, 0.1) is 13.8 Å². The Morgan fingerprint density at radius 1 is 1.28 bits per heavy atom. The highest BCUT2D eigenvalue weighted by Crippen LogP contribution is 2.35. The van der Waals surface area contributed by atoms with Crippen LogP contribution in [0.1, 0.15) is 28.4 Å². The van der Waals surface area contributed by atoms with Gasteiger partial charge in [0.05, 0.1) is 23.3 Å². The zero-order valence-electron chi connectivity index (χ0n) is 16.4. The van der Waals surface area contributed by atoms with Crippen LogP contribution in [0.3, 0.4) is 0 Å². The first kappa shape index (κ1) is 19.5. The number of aryl methyl sites for hydroxylation is 2. The van der Waals surface area contributed by atoms with Crippen molar-refractivity contribution in [3.05, 3.63) is 50.9 Å². The van der Waals surface area contributed by atoms with Gasteiger partial charge in [0.1, 0.15) is 16.4 Å². The number of hydrogen-bond donors (Lipinski definition) is 2. The number of benzene rings is 1. The SMILES string of the molecule is COc1ccccc1-c1nnc(SC(C)c2nc3sc(C)c(C)c3c(=O)[nH]2)n1N. The molecule has 10 heteroatoms. The second-order valence-electron chi connectivity index (χ2n) is 6.55. The van der Waals surface area contributed by atoms with E-state index in [9.17, 15) is 4.79 Å². The minimum Gasteiger partial charge on any atom is -0.496 e. The predicted molar refractivity (Wildman–Crippen MR) is 116 cm³/mol. The highest BCUT2D eigenvalue weighted by Gasteiger charge is 2.21. The zero-order chi connectivity index (χ0) is 20.7. The molecule has 0 amide bonds. The summed E-state index contributed by atoms with van der Waals surface area (Å²) in [6, 6.07) is 7.48. The number of hydrogen-bond acceptors (Lipinski definition) is 8. The standard InChI is InChI=1S/C19H20N6O2S2/c1-9-10(2)28-18-14(9)17(26)21-15(22-18)11(3)29-19-24-23-16(25(19)20)12-7-5-6-8-13(12)27-4/h5-8,11H,20H2,1-4H3,(H,21,22,26). The average Bonchev–Trinajstić information content (AvgIpc) is 3.21. The number of thiophene rings is 1. The van der Waals surface area contributed by atoms with Gasteiger partial charge in [0, 0.05) is 4.88 Å². The molecule has 150 valence electrons. The first-order valence-electron chi connectivity index (χ1n) is 8.91. The molecule has 0 saturated carbocycles. The maximum absolute atomic E-state index is 12.5. The number of rotatable bonds is 5. The van der Waals surface area contributed by atoms with Crippen molar-refractivity contribution in [2.24, 2.45) is 0 Å². The topological polar surface area (TPSA) is 112 Å². The van der Waals surface area contributed by atoms with Crippen molar-refractivity contribution in [1.29, 1.82) is 0 Å². The summed E-state index contributed by atoms with van der Waals surface area (Å²) in [4.78, 5) is 21.9. The molecule has 0 bridgehead atoms. The summed E-state index contributed by atoms with van der Waals surface area (Å²) in [6.07, 6.45) is 0. The van der Waals surface area contributed by atoms with Crippen LogP contribution in [-0.4, -0.2) is 32.0 Å². The largest absolute Gasteiger partial charge is 0.496 e. The van der Waals surface area contributed by atoms with Crippen molar-refractivity contribution >= 4 is 33.3 Å². The molecular weight excluding hydrogens is 408 g/mol. The number of aromatic amines is 1. The normalized spacial score (nSPS) is 12.4. The Morgan fingerprint density at radius 3 is 2.79 bits per heavy atom. The first-order valence-corrected chi connectivity index (χ1v) is 10.6. The Morgan fingerprint density at radius 2 is 2.03 bits per heavy atom. The summed E-state index contributed by atoms with van der Waals surface area (Å²) < 4.78 is 6.81. The van der Waals surface area contributed by atoms with Gasteiger partial charge >= 0.3 is 0 Å². The summed E-state index contributed by atoms with van der Waals surface area (Å²) in [7, 11) is 1.60. The van der Waals surface area contributed by atoms with E-state index in [1.54, 1.807) is 7.11 Å². The fourth-order valence-electron chi connectivity index (χ4n) is 3.05. The van der Waals surface area contributed by atoms with Crippen LogP contribution in [0.25, 0.3) is 21.6 Å². The number of methoxy groups -OCH3 is 1. The molecule has 0 saturated heterocycles. The highest BCUT2D eigenvalue weighted by atomic mass is 32.2. The molecule has 4 aromatic rings. The van der Waals surface area contributed by atoms with Crippen molar-refractivity contribution < 1.29 is 4.74 Å². The summed E-state index contributed by atoms with van der Waals surface area (Å²) in [5.74, 6) is 7.99. The second-order valence-corrected chi connectivity index (χ2v) is 9.06. The van der Waals surface area contributed by atoms with E-state index in [2.05, 4.69) is 20.2 Å². The van der Waals surface area contributed by atoms with Gasteiger partial charge in [-0.15, -0.1) is 21.5 Å². The number of H-pyrrole nitrogens is 1. The Bertz CT molecular complexity index is 1260. The lowest BCUT2D eigenvalue weighted by Gasteiger charge is -2.11. The number of aromatic nitrogens is 5. The smallest absolute Gasteiger partial charge is 0.259 e. The van der Waals surface area contributed by atoms with Gasteiger partial charge < -0.3 is 15.6 Å². The van der Waals surface area contributed by atoms with Gasteiger partial charge in [-0.2, -0.15) is 0 Å². The van der Waals surface area contributed by atoms with Gasteiger partial charge in [0.2, 0.25) is 5.16 Å². The predicted octanol–water partition coefficient (Wildman–Crippen LogP) is 3.44. The van der Waals surface area contributed by atoms with Gasteiger partial charge in [-0.05, 0) is 38.5 Å². The van der Waals surface area contributed by atoms with Gasteiger partial charge in [0.25, 0.3) is 5.56 Å². The van der Waals surface area contributed by atoms with E-state index in [0.717, 1.165) is 20.8 Å². The van der Waals surface area contributed by atoms with Crippen LogP contribution in [0.4, 0.5) is 0 Å². The van der Waals surface area contributed by atoms with E-state index in [-0.39, 0.29) is 10.8 Å². The van der Waals surface area contributed by atoms with Crippen LogP contribution in [-0.2, 0) is 0 Å². The molecule has 3 N–H and O–H groups in total. The molecule has 1 aromatic carbocycles. The monoisotopic (exact) mass is 428 g/mol. The second kappa shape index (κ2) is 7.53. The number of nitrogen functional groups attached to an aromatic ring is 1. The molecule has 29 heavy (non-hydrogen) atoms. The Hall–Kier alpha value is -2.85. The maximum Gasteiger partial charge on any atom is 0.259 e. The molecule has 3 aromatic heterocycles. The number of para-hydroxylation sites is 1. The van der Waals surface area contributed by atoms with E-state index in [1.807, 2.05) is 45.0 Å². The van der Waals surface area contributed by atoms with Crippen LogP contribution < -0.4 is 16.1 Å². The Kier molecular flexibility index (Phi) is 5.05. The molecule has 0 aliphatic rings. The highest BCUT2D eigenvalue weighted by molar-refractivity contribution is 7.99. The lowest BCUT2D eigenvalue weighted by Crippen LogP contribution is -2.14. The molecule has 0 fully saturated rings. The number of nitrogens with one attached hydrogen (secondary N) is 1. The fraction of sp³-hybridized carbons (Fsp3) is 0.263. The summed E-state index contributed by atoms with van der Waals surface area (Å²) >= 11 is 2.90. The van der Waals surface area contributed by atoms with E-state index in [1.165, 1.54) is 27.8 Å². The van der Waals surface area contributed by atoms with Gasteiger partial charge in [-0.25, -0.2) is 9.66 Å². The molecule has 1 unspecified atom stereocenters. The average molecular weight is 429 g/mol. The third kappa shape index (κ3) is 3.38. The van der Waals surface area contributed by atoms with Crippen LogP contribution in [0.15, 0.2) is 34.2 Å². The number of thioether (sulfide) groups is 1. The maximum atomic E-state index is 12.5. The van der Waals surface area contributed by atoms with Crippen molar-refractivity contribution in [2.75, 3.05) is 13.0 Å². The zero-order valence-corrected chi connectivity index (χ0v) is 18.0. The molecule has 4 rings (SSSR count). The Labute approximate surface area is 175 Å². The molecule has 0 spiro atoms. The van der Waals surface area contributed by atoms with E-state index in [0.29, 0.717) is 27.9 Å². The molecule has 0 aliphatic carbocycles. The third-order valence-corrected chi connectivity index (χ3v) is 6.90. The van der Waals surface area contributed by atoms with Crippen molar-refractivity contribution in [3.63, 3.8) is 0 Å². The van der Waals surface area contributed by atoms with Crippen molar-refractivity contribution in [3.8, 4) is 17.1 Å². The van der Waals surface area contributed by atoms with E-state index < -0.39 is 0 Å². The minimum atomic E-state index is -0.174. The van der Waals surface area contributed by atoms with Crippen molar-refractivity contribution in [1.82, 2.24) is 24.8 Å². The lowest BCUT2D eigenvalue weighted by molar-refractivity contribution is 0.416. The van der Waals surface area contributed by atoms with Gasteiger partial charge in [0.15, 0.2) is 5.82 Å². The minimum absolute atomic E-state index is 0.122. The molecule has 8 nitrogen and oxygen atoms in total. The molecule has 0 aliphatic heterocycles. The number of nitrogens with two attached hydrogens (primary N) is 1. The van der Waals surface area contributed by atoms with Gasteiger partial charge in [-0.3, -0.25) is 4.79 Å². The quantitative estimate of drug-likeness (QED) is 0.370. The van der Waals surface area contributed by atoms with E-state index >= 15 is 0 Å². The van der Waals surface area contributed by atoms with Crippen LogP contribution in [0.5, 0.6) is 5.75 Å². The fourth-order valence-corrected chi connectivity index (χ4v) is 4.91. The lowest BCUT2D eigenvalue weighted by atomic mass is 10.2. The molecule has 1 atom stereocenters. The van der Waals surface area contributed by atoms with Crippen molar-refractivity contribution in [2.45, 2.75) is 31.2 Å². The Balaban J connectivity index is 1.66.